The Kier molecular flexibility index (Phi) is 6.16. The molecule has 0 bridgehead atoms. The molecule has 3 heterocycles. The number of nitrogens with zero attached hydrogens (tertiary/aromatic N) is 4. The van der Waals surface area contributed by atoms with Crippen LogP contribution in [0.4, 0.5) is 4.39 Å². The molecule has 1 N–H and O–H groups in total. The predicted octanol–water partition coefficient (Wildman–Crippen LogP) is 4.96. The van der Waals surface area contributed by atoms with Crippen molar-refractivity contribution in [2.45, 2.75) is 51.6 Å². The summed E-state index contributed by atoms with van der Waals surface area (Å²) in [7, 11) is 0. The van der Waals surface area contributed by atoms with E-state index in [0.717, 1.165) is 24.0 Å². The molecule has 5 rings (SSSR count). The standard InChI is InChI=1S/C26H28FN5OS/c1-16-13-20(9-10-21(16)27)25-29-26(19-7-5-4-6-8-19)32(30-25)15-24(33)31-12-11-22-23(14-17(31)2)34-18(3)28-22/h4-10,13,17-18,28H,11-12,14-15H2,1-3H3. The van der Waals surface area contributed by atoms with Gasteiger partial charge >= 0.3 is 0 Å². The summed E-state index contributed by atoms with van der Waals surface area (Å²) in [6.45, 7) is 6.78. The number of hydrogen-bond donors (Lipinski definition) is 1. The van der Waals surface area contributed by atoms with Gasteiger partial charge in [0.1, 0.15) is 12.4 Å². The summed E-state index contributed by atoms with van der Waals surface area (Å²) in [5.41, 5.74) is 3.42. The molecule has 0 saturated carbocycles. The highest BCUT2D eigenvalue weighted by molar-refractivity contribution is 8.03. The monoisotopic (exact) mass is 477 g/mol. The maximum atomic E-state index is 13.8. The third-order valence-corrected chi connectivity index (χ3v) is 7.54. The van der Waals surface area contributed by atoms with Crippen molar-refractivity contribution in [3.8, 4) is 22.8 Å². The van der Waals surface area contributed by atoms with E-state index >= 15 is 0 Å². The molecule has 176 valence electrons. The molecule has 2 aliphatic heterocycles. The number of halogens is 1. The average molecular weight is 478 g/mol. The second-order valence-corrected chi connectivity index (χ2v) is 10.4. The summed E-state index contributed by atoms with van der Waals surface area (Å²) in [5, 5.41) is 8.62. The van der Waals surface area contributed by atoms with Gasteiger partial charge < -0.3 is 10.2 Å². The van der Waals surface area contributed by atoms with E-state index in [1.54, 1.807) is 23.7 Å². The quantitative estimate of drug-likeness (QED) is 0.575. The third-order valence-electron chi connectivity index (χ3n) is 6.37. The van der Waals surface area contributed by atoms with Gasteiger partial charge in [0.05, 0.1) is 5.37 Å². The van der Waals surface area contributed by atoms with Crippen molar-refractivity contribution in [3.63, 3.8) is 0 Å². The molecule has 2 atom stereocenters. The fraction of sp³-hybridized carbons (Fsp3) is 0.346. The van der Waals surface area contributed by atoms with E-state index in [4.69, 9.17) is 4.98 Å². The smallest absolute Gasteiger partial charge is 0.244 e. The summed E-state index contributed by atoms with van der Waals surface area (Å²) in [6, 6.07) is 14.7. The van der Waals surface area contributed by atoms with E-state index in [1.165, 1.54) is 16.7 Å². The molecular weight excluding hydrogens is 449 g/mol. The maximum Gasteiger partial charge on any atom is 0.244 e. The SMILES string of the molecule is Cc1cc(-c2nc(-c3ccccc3)n(CC(=O)N3CCC4=C(CC3C)SC(C)N4)n2)ccc1F. The summed E-state index contributed by atoms with van der Waals surface area (Å²) in [4.78, 5) is 21.6. The number of hydrogen-bond acceptors (Lipinski definition) is 5. The van der Waals surface area contributed by atoms with Crippen LogP contribution in [-0.2, 0) is 11.3 Å². The van der Waals surface area contributed by atoms with Crippen LogP contribution in [0.3, 0.4) is 0 Å². The first-order valence-electron chi connectivity index (χ1n) is 11.6. The number of aromatic nitrogens is 3. The van der Waals surface area contributed by atoms with Crippen LogP contribution in [0.2, 0.25) is 0 Å². The molecule has 2 aliphatic rings. The van der Waals surface area contributed by atoms with Gasteiger partial charge in [-0.2, -0.15) is 0 Å². The molecule has 0 spiro atoms. The summed E-state index contributed by atoms with van der Waals surface area (Å²) >= 11 is 1.86. The number of amides is 1. The van der Waals surface area contributed by atoms with Crippen molar-refractivity contribution < 1.29 is 9.18 Å². The molecule has 2 aromatic carbocycles. The van der Waals surface area contributed by atoms with E-state index in [2.05, 4.69) is 24.3 Å². The molecule has 0 fully saturated rings. The Hall–Kier alpha value is -3.13. The highest BCUT2D eigenvalue weighted by Crippen LogP contribution is 2.37. The number of carbonyl (C=O) groups is 1. The van der Waals surface area contributed by atoms with Crippen molar-refractivity contribution in [1.29, 1.82) is 0 Å². The van der Waals surface area contributed by atoms with E-state index < -0.39 is 0 Å². The Balaban J connectivity index is 1.43. The molecule has 1 amide bonds. The van der Waals surface area contributed by atoms with Crippen LogP contribution in [0.1, 0.15) is 32.3 Å². The van der Waals surface area contributed by atoms with Gasteiger partial charge in [0.25, 0.3) is 0 Å². The zero-order chi connectivity index (χ0) is 23.8. The summed E-state index contributed by atoms with van der Waals surface area (Å²) in [5.74, 6) is 0.865. The molecule has 34 heavy (non-hydrogen) atoms. The van der Waals surface area contributed by atoms with Gasteiger partial charge in [0.15, 0.2) is 11.6 Å². The topological polar surface area (TPSA) is 63.1 Å². The van der Waals surface area contributed by atoms with Crippen molar-refractivity contribution >= 4 is 17.7 Å². The minimum atomic E-state index is -0.264. The first kappa shape index (κ1) is 22.7. The second-order valence-electron chi connectivity index (χ2n) is 8.94. The Morgan fingerprint density at radius 2 is 1.97 bits per heavy atom. The van der Waals surface area contributed by atoms with E-state index in [-0.39, 0.29) is 24.3 Å². The highest BCUT2D eigenvalue weighted by Gasteiger charge is 2.31. The van der Waals surface area contributed by atoms with Crippen LogP contribution in [0.15, 0.2) is 59.1 Å². The van der Waals surface area contributed by atoms with Gasteiger partial charge in [-0.1, -0.05) is 30.3 Å². The predicted molar refractivity (Wildman–Crippen MR) is 133 cm³/mol. The van der Waals surface area contributed by atoms with Gasteiger partial charge in [-0.05, 0) is 44.5 Å². The number of nitrogens with one attached hydrogen (secondary N) is 1. The van der Waals surface area contributed by atoms with Gasteiger partial charge in [0.2, 0.25) is 5.91 Å². The van der Waals surface area contributed by atoms with E-state index in [9.17, 15) is 9.18 Å². The van der Waals surface area contributed by atoms with Gasteiger partial charge in [0, 0.05) is 47.2 Å². The van der Waals surface area contributed by atoms with Crippen LogP contribution < -0.4 is 5.32 Å². The Morgan fingerprint density at radius 1 is 1.18 bits per heavy atom. The van der Waals surface area contributed by atoms with Crippen LogP contribution in [0.25, 0.3) is 22.8 Å². The fourth-order valence-corrected chi connectivity index (χ4v) is 5.87. The molecule has 8 heteroatoms. The largest absolute Gasteiger partial charge is 0.376 e. The Morgan fingerprint density at radius 3 is 2.74 bits per heavy atom. The zero-order valence-corrected chi connectivity index (χ0v) is 20.4. The lowest BCUT2D eigenvalue weighted by molar-refractivity contribution is -0.133. The lowest BCUT2D eigenvalue weighted by Gasteiger charge is -2.28. The number of thioether (sulfide) groups is 1. The normalized spacial score (nSPS) is 20.2. The molecule has 0 saturated heterocycles. The molecule has 2 unspecified atom stereocenters. The number of aryl methyl sites for hydroxylation is 1. The molecule has 6 nitrogen and oxygen atoms in total. The minimum absolute atomic E-state index is 0.0237. The van der Waals surface area contributed by atoms with E-state index in [0.29, 0.717) is 29.1 Å². The number of carbonyl (C=O) groups excluding carboxylic acids is 1. The molecule has 3 aromatic rings. The average Bonchev–Trinajstić information content (AvgIpc) is 3.35. The molecule has 0 radical (unpaired) electrons. The summed E-state index contributed by atoms with van der Waals surface area (Å²) in [6.07, 6.45) is 1.71. The van der Waals surface area contributed by atoms with Crippen molar-refractivity contribution in [2.24, 2.45) is 0 Å². The summed E-state index contributed by atoms with van der Waals surface area (Å²) < 4.78 is 15.5. The van der Waals surface area contributed by atoms with Crippen LogP contribution >= 0.6 is 11.8 Å². The number of benzene rings is 2. The van der Waals surface area contributed by atoms with Crippen LogP contribution in [-0.4, -0.2) is 43.5 Å². The Bertz CT molecular complexity index is 1260. The van der Waals surface area contributed by atoms with Gasteiger partial charge in [-0.15, -0.1) is 16.9 Å². The molecule has 1 aromatic heterocycles. The van der Waals surface area contributed by atoms with Crippen LogP contribution in [0, 0.1) is 12.7 Å². The first-order valence-corrected chi connectivity index (χ1v) is 12.5. The number of rotatable bonds is 4. The lowest BCUT2D eigenvalue weighted by Crippen LogP contribution is -2.41. The Labute approximate surface area is 203 Å². The lowest BCUT2D eigenvalue weighted by atomic mass is 10.1. The zero-order valence-electron chi connectivity index (χ0n) is 19.6. The van der Waals surface area contributed by atoms with E-state index in [1.807, 2.05) is 47.0 Å². The molecular formula is C26H28FN5OS. The fourth-order valence-electron chi connectivity index (χ4n) is 4.60. The maximum absolute atomic E-state index is 13.8. The molecule has 0 aliphatic carbocycles. The first-order chi connectivity index (χ1) is 16.4. The van der Waals surface area contributed by atoms with Crippen molar-refractivity contribution in [2.75, 3.05) is 6.54 Å². The van der Waals surface area contributed by atoms with Crippen molar-refractivity contribution in [1.82, 2.24) is 25.0 Å². The highest BCUT2D eigenvalue weighted by atomic mass is 32.2. The van der Waals surface area contributed by atoms with Gasteiger partial charge in [-0.25, -0.2) is 14.1 Å². The third kappa shape index (κ3) is 4.46. The van der Waals surface area contributed by atoms with Gasteiger partial charge in [-0.3, -0.25) is 4.79 Å². The van der Waals surface area contributed by atoms with Crippen LogP contribution in [0.5, 0.6) is 0 Å². The second kappa shape index (κ2) is 9.25. The minimum Gasteiger partial charge on any atom is -0.376 e. The van der Waals surface area contributed by atoms with Crippen molar-refractivity contribution in [3.05, 3.63) is 70.5 Å².